The number of phenolic OH excluding ortho intramolecular Hbond substituents is 1. The summed E-state index contributed by atoms with van der Waals surface area (Å²) in [5, 5.41) is 56.8. The van der Waals surface area contributed by atoms with Gasteiger partial charge in [0.1, 0.15) is 48.0 Å². The quantitative estimate of drug-likeness (QED) is 0.0684. The van der Waals surface area contributed by atoms with Gasteiger partial charge in [0, 0.05) is 72.6 Å². The molecule has 25 nitrogen and oxygen atoms in total. The number of nitrogens with one attached hydrogen (secondary N) is 8. The standard InChI is InChI=1S/C80H105ClN10O15S2/c1-11-17-60-73(101)83-46(4)65(95)40-55(37-49-27-31-57(94)32-28-49)71(99)90-80(10,45(2)3)66(96)41-59(47(5)92)72(100)87-63(70(82)98)44-108-43-52-19-14-18-51(36-52)42-107-35-33-67(97)88-69(79(7,8)9)77(105)86-62(38-50-25-29-56(81)30-26-50)78(106)91-34-16-24-64(91)75(103)89-68(48(6)93)76(104)85-61(74(102)84-60)39-54-22-15-21-53-20-12-13-23-58(53)54/h12-15,18-23,25-32,36,45-48,55,59-64,68-69,92-94H,11,16-17,24,33-35,37-44H2,1-10H3,(H2,82,98)(H,83,101)(H,84,102)(H,85,104)(H,86,105)(H,87,100)(H,88,97)(H,89,103)(H,90,99)/t46-,47+,48+,55+,59-,60-,61-,62-,63-,64-,68-,69+,80-/m0/s1. The molecule has 13 N–H and O–H groups in total. The fourth-order valence-corrected chi connectivity index (χ4v) is 15.1. The second kappa shape index (κ2) is 40.0. The summed E-state index contributed by atoms with van der Waals surface area (Å²) in [7, 11) is 0. The highest BCUT2D eigenvalue weighted by Gasteiger charge is 2.45. The molecule has 0 spiro atoms. The Morgan fingerprint density at radius 3 is 1.91 bits per heavy atom. The van der Waals surface area contributed by atoms with Gasteiger partial charge < -0.3 is 68.5 Å². The number of aromatic hydroxyl groups is 1. The van der Waals surface area contributed by atoms with Crippen LogP contribution in [0, 0.1) is 23.2 Å². The Morgan fingerprint density at radius 1 is 0.657 bits per heavy atom. The SMILES string of the molecule is CCC[C@@H]1NC(=O)[C@H](Cc2cccc3ccccc23)NC(=O)[C@H]([C@@H](C)O)NC(=O)[C@@H]2CCCN2C(=O)[C@H](Cc2ccc(Cl)cc2)NC(=O)[C@H](C(C)(C)C)NC(=O)CCSCc2cccc(c2)CSC[C@@H](C(N)=O)NC(=O)[C@H]([C@@H](C)O)CC(=O)[C@](C)(C(C)C)NC(=O)[C@H](Cc2ccc(O)cc2)CC(=O)[C@H](C)NC1=O. The predicted molar refractivity (Wildman–Crippen MR) is 416 cm³/mol. The molecule has 2 aliphatic rings. The van der Waals surface area contributed by atoms with E-state index >= 15 is 4.79 Å². The number of thioether (sulfide) groups is 2. The number of ketones is 2. The Balaban J connectivity index is 1.21. The molecule has 5 aromatic rings. The first kappa shape index (κ1) is 86.3. The van der Waals surface area contributed by atoms with Crippen molar-refractivity contribution >= 4 is 117 Å². The van der Waals surface area contributed by atoms with Gasteiger partial charge in [-0.05, 0) is 128 Å². The molecule has 1 saturated heterocycles. The van der Waals surface area contributed by atoms with Crippen molar-refractivity contribution in [2.75, 3.05) is 18.1 Å². The highest BCUT2D eigenvalue weighted by atomic mass is 35.5. The Kier molecular flexibility index (Phi) is 32.0. The molecule has 0 radical (unpaired) electrons. The van der Waals surface area contributed by atoms with Crippen LogP contribution in [0.4, 0.5) is 0 Å². The molecule has 108 heavy (non-hydrogen) atoms. The summed E-state index contributed by atoms with van der Waals surface area (Å²) < 4.78 is 0. The lowest BCUT2D eigenvalue weighted by molar-refractivity contribution is -0.143. The summed E-state index contributed by atoms with van der Waals surface area (Å²) in [6, 6.07) is 22.2. The van der Waals surface area contributed by atoms with E-state index in [0.29, 0.717) is 51.8 Å². The molecule has 0 aromatic heterocycles. The van der Waals surface area contributed by atoms with Gasteiger partial charge >= 0.3 is 0 Å². The van der Waals surface area contributed by atoms with Gasteiger partial charge in [0.25, 0.3) is 0 Å². The molecule has 2 aliphatic heterocycles. The lowest BCUT2D eigenvalue weighted by atomic mass is 9.78. The average Bonchev–Trinajstić information content (AvgIpc) is 1.45. The third-order valence-corrected chi connectivity index (χ3v) is 22.3. The van der Waals surface area contributed by atoms with Gasteiger partial charge in [-0.3, -0.25) is 57.5 Å². The number of phenols is 1. The van der Waals surface area contributed by atoms with Crippen LogP contribution in [0.5, 0.6) is 5.75 Å². The second-order valence-electron chi connectivity index (χ2n) is 29.8. The van der Waals surface area contributed by atoms with Gasteiger partial charge in [-0.2, -0.15) is 23.5 Å². The van der Waals surface area contributed by atoms with E-state index in [9.17, 15) is 68.1 Å². The Bertz CT molecular complexity index is 4020. The molecule has 5 aromatic carbocycles. The molecule has 28 heteroatoms. The van der Waals surface area contributed by atoms with E-state index in [2.05, 4.69) is 42.5 Å². The minimum absolute atomic E-state index is 0.0135. The lowest BCUT2D eigenvalue weighted by Gasteiger charge is -2.36. The van der Waals surface area contributed by atoms with Crippen LogP contribution in [0.3, 0.4) is 0 Å². The molecule has 0 aliphatic carbocycles. The fraction of sp³-hybridized carbons (Fsp3) is 0.500. The van der Waals surface area contributed by atoms with Crippen LogP contribution < -0.4 is 48.3 Å². The number of aliphatic hydroxyl groups is 2. The van der Waals surface area contributed by atoms with E-state index in [4.69, 9.17) is 17.3 Å². The van der Waals surface area contributed by atoms with Crippen molar-refractivity contribution in [3.8, 4) is 5.75 Å². The maximum absolute atomic E-state index is 15.1. The molecular formula is C80H105ClN10O15S2. The Morgan fingerprint density at radius 2 is 1.27 bits per heavy atom. The van der Waals surface area contributed by atoms with Gasteiger partial charge in [0.2, 0.25) is 59.1 Å². The number of rotatable bonds is 12. The van der Waals surface area contributed by atoms with Crippen molar-refractivity contribution in [1.82, 2.24) is 47.4 Å². The van der Waals surface area contributed by atoms with Crippen LogP contribution in [0.1, 0.15) is 142 Å². The number of benzene rings is 5. The predicted octanol–water partition coefficient (Wildman–Crippen LogP) is 5.98. The first-order chi connectivity index (χ1) is 51.1. The first-order valence-electron chi connectivity index (χ1n) is 36.7. The Labute approximate surface area is 645 Å². The number of hydrogen-bond acceptors (Lipinski definition) is 17. The van der Waals surface area contributed by atoms with Crippen LogP contribution in [0.25, 0.3) is 10.8 Å². The highest BCUT2D eigenvalue weighted by Crippen LogP contribution is 2.29. The summed E-state index contributed by atoms with van der Waals surface area (Å²) in [5.41, 5.74) is 6.75. The third-order valence-electron chi connectivity index (χ3n) is 19.9. The minimum Gasteiger partial charge on any atom is -0.508 e. The topological polar surface area (TPSA) is 391 Å². The molecule has 10 amide bonds. The number of hydrogen-bond donors (Lipinski definition) is 12. The van der Waals surface area contributed by atoms with Crippen molar-refractivity contribution in [3.63, 3.8) is 0 Å². The van der Waals surface area contributed by atoms with E-state index in [1.807, 2.05) is 48.5 Å². The summed E-state index contributed by atoms with van der Waals surface area (Å²) in [5.74, 6) is -11.1. The number of nitrogens with zero attached hydrogens (tertiary/aromatic N) is 1. The molecule has 13 atom stereocenters. The van der Waals surface area contributed by atoms with Gasteiger partial charge in [-0.15, -0.1) is 0 Å². The van der Waals surface area contributed by atoms with Crippen molar-refractivity contribution in [2.45, 2.75) is 211 Å². The number of carbonyl (C=O) groups is 12. The number of aliphatic hydroxyl groups excluding tert-OH is 2. The van der Waals surface area contributed by atoms with Gasteiger partial charge in [0.05, 0.1) is 29.7 Å². The third kappa shape index (κ3) is 24.6. The summed E-state index contributed by atoms with van der Waals surface area (Å²) >= 11 is 9.06. The molecule has 2 bridgehead atoms. The molecule has 0 unspecified atom stereocenters. The maximum Gasteiger partial charge on any atom is 0.246 e. The van der Waals surface area contributed by atoms with E-state index in [0.717, 1.165) is 21.9 Å². The number of fused-ring (bicyclic) bond motifs is 4. The van der Waals surface area contributed by atoms with Crippen LogP contribution in [-0.4, -0.2) is 175 Å². The fourth-order valence-electron chi connectivity index (χ4n) is 13.1. The van der Waals surface area contributed by atoms with Crippen molar-refractivity contribution < 1.29 is 72.9 Å². The first-order valence-corrected chi connectivity index (χ1v) is 39.4. The molecule has 584 valence electrons. The summed E-state index contributed by atoms with van der Waals surface area (Å²) in [6.07, 6.45) is -3.65. The van der Waals surface area contributed by atoms with E-state index in [-0.39, 0.29) is 56.6 Å². The zero-order chi connectivity index (χ0) is 79.3. The van der Waals surface area contributed by atoms with Crippen LogP contribution >= 0.6 is 35.1 Å². The zero-order valence-corrected chi connectivity index (χ0v) is 65.4. The monoisotopic (exact) mass is 1540 g/mol. The number of amides is 10. The van der Waals surface area contributed by atoms with Crippen molar-refractivity contribution in [1.29, 1.82) is 0 Å². The summed E-state index contributed by atoms with van der Waals surface area (Å²) in [4.78, 5) is 175. The van der Waals surface area contributed by atoms with Gasteiger partial charge in [0.15, 0.2) is 11.6 Å². The zero-order valence-electron chi connectivity index (χ0n) is 63.0. The molecule has 0 saturated carbocycles. The summed E-state index contributed by atoms with van der Waals surface area (Å²) in [6.45, 7) is 15.9. The largest absolute Gasteiger partial charge is 0.508 e. The van der Waals surface area contributed by atoms with Crippen LogP contribution in [0.15, 0.2) is 115 Å². The van der Waals surface area contributed by atoms with E-state index in [1.165, 1.54) is 68.3 Å². The molecule has 7 rings (SSSR count). The van der Waals surface area contributed by atoms with Crippen molar-refractivity contribution in [3.05, 3.63) is 148 Å². The maximum atomic E-state index is 15.1. The highest BCUT2D eigenvalue weighted by molar-refractivity contribution is 7.98. The minimum atomic E-state index is -1.73. The average molecular weight is 1550 g/mol. The number of nitrogens with two attached hydrogens (primary N) is 1. The molecule has 1 fully saturated rings. The van der Waals surface area contributed by atoms with Crippen molar-refractivity contribution in [2.24, 2.45) is 28.9 Å². The number of Topliss-reactive ketones (excluding diaryl/α,β-unsaturated/α-hetero) is 2. The smallest absolute Gasteiger partial charge is 0.246 e. The second-order valence-corrected chi connectivity index (χ2v) is 32.4. The van der Waals surface area contributed by atoms with Gasteiger partial charge in [-0.1, -0.05) is 151 Å². The Hall–Kier alpha value is -8.89. The number of primary amides is 1. The van der Waals surface area contributed by atoms with Crippen LogP contribution in [0.2, 0.25) is 5.02 Å². The van der Waals surface area contributed by atoms with E-state index in [1.54, 1.807) is 96.1 Å². The number of halogens is 1. The molecule has 2 heterocycles. The lowest BCUT2D eigenvalue weighted by Crippen LogP contribution is -2.62. The van der Waals surface area contributed by atoms with Gasteiger partial charge in [-0.25, -0.2) is 0 Å². The normalized spacial score (nSPS) is 25.6. The van der Waals surface area contributed by atoms with Crippen LogP contribution in [-0.2, 0) is 88.3 Å². The molecular weight excluding hydrogens is 1440 g/mol. The van der Waals surface area contributed by atoms with E-state index < -0.39 is 173 Å². The number of carbonyl (C=O) groups excluding carboxylic acids is 12.